The minimum atomic E-state index is -0.563. The molecule has 0 aliphatic carbocycles. The van der Waals surface area contributed by atoms with Crippen LogP contribution in [-0.4, -0.2) is 32.2 Å². The maximum Gasteiger partial charge on any atom is 0.287 e. The third-order valence-electron chi connectivity index (χ3n) is 4.15. The monoisotopic (exact) mass is 435 g/mol. The molecule has 0 atom stereocenters. The van der Waals surface area contributed by atoms with Crippen LogP contribution in [0.1, 0.15) is 20.8 Å². The molecule has 8 heteroatoms. The van der Waals surface area contributed by atoms with Gasteiger partial charge in [-0.3, -0.25) is 9.59 Å². The van der Waals surface area contributed by atoms with Crippen molar-refractivity contribution in [1.82, 2.24) is 10.7 Å². The van der Waals surface area contributed by atoms with Crippen molar-refractivity contribution in [1.29, 1.82) is 0 Å². The van der Waals surface area contributed by atoms with Crippen molar-refractivity contribution in [2.75, 3.05) is 14.2 Å². The van der Waals surface area contributed by atoms with E-state index in [2.05, 4.69) is 15.8 Å². The van der Waals surface area contributed by atoms with Crippen molar-refractivity contribution in [2.45, 2.75) is 0 Å². The second-order valence-corrected chi connectivity index (χ2v) is 7.19. The second-order valence-electron chi connectivity index (χ2n) is 6.21. The van der Waals surface area contributed by atoms with Crippen molar-refractivity contribution in [3.8, 4) is 11.5 Å². The number of nitrogens with zero attached hydrogens (tertiary/aromatic N) is 1. The van der Waals surface area contributed by atoms with Gasteiger partial charge in [0.05, 0.1) is 20.4 Å². The minimum Gasteiger partial charge on any atom is -0.493 e. The van der Waals surface area contributed by atoms with Gasteiger partial charge in [0, 0.05) is 10.4 Å². The van der Waals surface area contributed by atoms with E-state index >= 15 is 0 Å². The van der Waals surface area contributed by atoms with Crippen molar-refractivity contribution < 1.29 is 19.1 Å². The van der Waals surface area contributed by atoms with Gasteiger partial charge >= 0.3 is 0 Å². The van der Waals surface area contributed by atoms with Gasteiger partial charge in [-0.15, -0.1) is 11.3 Å². The molecule has 2 aromatic carbocycles. The molecule has 0 spiro atoms. The molecule has 2 N–H and O–H groups in total. The van der Waals surface area contributed by atoms with Gasteiger partial charge in [-0.1, -0.05) is 30.3 Å². The molecule has 7 nitrogen and oxygen atoms in total. The molecule has 158 valence electrons. The molecule has 0 bridgehead atoms. The number of hydrogen-bond donors (Lipinski definition) is 2. The number of thiophene rings is 1. The molecule has 0 saturated carbocycles. The Morgan fingerprint density at radius 2 is 1.74 bits per heavy atom. The van der Waals surface area contributed by atoms with E-state index in [1.807, 2.05) is 23.6 Å². The highest BCUT2D eigenvalue weighted by molar-refractivity contribution is 7.11. The van der Waals surface area contributed by atoms with Crippen LogP contribution in [0.15, 0.2) is 76.8 Å². The Bertz CT molecular complexity index is 1090. The van der Waals surface area contributed by atoms with E-state index in [-0.39, 0.29) is 5.70 Å². The van der Waals surface area contributed by atoms with Crippen LogP contribution < -0.4 is 20.2 Å². The predicted molar refractivity (Wildman–Crippen MR) is 121 cm³/mol. The predicted octanol–water partition coefficient (Wildman–Crippen LogP) is 3.69. The Morgan fingerprint density at radius 1 is 0.968 bits per heavy atom. The summed E-state index contributed by atoms with van der Waals surface area (Å²) in [4.78, 5) is 26.3. The lowest BCUT2D eigenvalue weighted by atomic mass is 10.1. The summed E-state index contributed by atoms with van der Waals surface area (Å²) in [5.41, 5.74) is 3.54. The van der Waals surface area contributed by atoms with Gasteiger partial charge in [-0.25, -0.2) is 5.43 Å². The third-order valence-corrected chi connectivity index (χ3v) is 4.96. The third kappa shape index (κ3) is 6.03. The minimum absolute atomic E-state index is 0.0319. The van der Waals surface area contributed by atoms with Crippen LogP contribution in [0.4, 0.5) is 0 Å². The molecule has 0 unspecified atom stereocenters. The normalized spacial score (nSPS) is 11.2. The quantitative estimate of drug-likeness (QED) is 0.321. The molecule has 0 aliphatic rings. The number of methoxy groups -OCH3 is 2. The van der Waals surface area contributed by atoms with Gasteiger partial charge in [-0.2, -0.15) is 5.10 Å². The number of hydrazone groups is 1. The van der Waals surface area contributed by atoms with Crippen molar-refractivity contribution >= 4 is 35.4 Å². The standard InChI is InChI=1S/C23H21N3O4S/c1-29-20-11-10-16(14-21(20)30-2)13-19(25-22(27)17-7-4-3-5-8-17)23(28)26-24-15-18-9-6-12-31-18/h3-15H,1-2H3,(H,25,27)(H,26,28)/b19-13+,24-15?. The fourth-order valence-corrected chi connectivity index (χ4v) is 3.22. The summed E-state index contributed by atoms with van der Waals surface area (Å²) >= 11 is 1.49. The van der Waals surface area contributed by atoms with E-state index in [1.54, 1.807) is 48.5 Å². The van der Waals surface area contributed by atoms with Crippen LogP contribution in [0.3, 0.4) is 0 Å². The van der Waals surface area contributed by atoms with Crippen molar-refractivity contribution in [3.63, 3.8) is 0 Å². The van der Waals surface area contributed by atoms with Crippen molar-refractivity contribution in [3.05, 3.63) is 87.7 Å². The molecule has 31 heavy (non-hydrogen) atoms. The van der Waals surface area contributed by atoms with Crippen LogP contribution in [0, 0.1) is 0 Å². The number of ether oxygens (including phenoxy) is 2. The SMILES string of the molecule is COc1ccc(/C=C(/NC(=O)c2ccccc2)C(=O)NN=Cc2cccs2)cc1OC. The van der Waals surface area contributed by atoms with E-state index in [9.17, 15) is 9.59 Å². The first kappa shape index (κ1) is 21.8. The first-order valence-electron chi connectivity index (χ1n) is 9.27. The van der Waals surface area contributed by atoms with Crippen LogP contribution in [0.25, 0.3) is 6.08 Å². The molecule has 1 aromatic heterocycles. The number of hydrogen-bond acceptors (Lipinski definition) is 6. The molecule has 0 radical (unpaired) electrons. The average molecular weight is 436 g/mol. The summed E-state index contributed by atoms with van der Waals surface area (Å²) < 4.78 is 10.6. The molecule has 3 aromatic rings. The molecule has 0 saturated heterocycles. The topological polar surface area (TPSA) is 89.0 Å². The first-order valence-corrected chi connectivity index (χ1v) is 10.2. The van der Waals surface area contributed by atoms with E-state index < -0.39 is 11.8 Å². The lowest BCUT2D eigenvalue weighted by Gasteiger charge is -2.11. The largest absolute Gasteiger partial charge is 0.493 e. The summed E-state index contributed by atoms with van der Waals surface area (Å²) in [7, 11) is 3.06. The zero-order valence-electron chi connectivity index (χ0n) is 17.0. The Hall–Kier alpha value is -3.91. The highest BCUT2D eigenvalue weighted by Gasteiger charge is 2.15. The number of nitrogens with one attached hydrogen (secondary N) is 2. The van der Waals surface area contributed by atoms with Crippen LogP contribution in [0.5, 0.6) is 11.5 Å². The maximum absolute atomic E-state index is 12.8. The Kier molecular flexibility index (Phi) is 7.56. The zero-order chi connectivity index (χ0) is 22.1. The molecule has 1 heterocycles. The van der Waals surface area contributed by atoms with Crippen molar-refractivity contribution in [2.24, 2.45) is 5.10 Å². The molecular formula is C23H21N3O4S. The summed E-state index contributed by atoms with van der Waals surface area (Å²) in [5.74, 6) is 0.0808. The van der Waals surface area contributed by atoms with Gasteiger partial charge in [0.25, 0.3) is 11.8 Å². The fraction of sp³-hybridized carbons (Fsp3) is 0.0870. The van der Waals surface area contributed by atoms with Gasteiger partial charge < -0.3 is 14.8 Å². The summed E-state index contributed by atoms with van der Waals surface area (Å²) in [6, 6.07) is 17.6. The van der Waals surface area contributed by atoms with E-state index in [0.29, 0.717) is 22.6 Å². The number of carbonyl (C=O) groups excluding carboxylic acids is 2. The molecular weight excluding hydrogens is 414 g/mol. The zero-order valence-corrected chi connectivity index (χ0v) is 17.8. The lowest BCUT2D eigenvalue weighted by Crippen LogP contribution is -2.32. The molecule has 2 amide bonds. The molecule has 0 aliphatic heterocycles. The fourth-order valence-electron chi connectivity index (χ4n) is 2.63. The first-order chi connectivity index (χ1) is 15.1. The van der Waals surface area contributed by atoms with Crippen LogP contribution >= 0.6 is 11.3 Å². The number of amides is 2. The van der Waals surface area contributed by atoms with Crippen LogP contribution in [0.2, 0.25) is 0 Å². The highest BCUT2D eigenvalue weighted by Crippen LogP contribution is 2.28. The van der Waals surface area contributed by atoms with Gasteiger partial charge in [-0.05, 0) is 47.4 Å². The van der Waals surface area contributed by atoms with Gasteiger partial charge in [0.15, 0.2) is 11.5 Å². The number of benzene rings is 2. The Morgan fingerprint density at radius 3 is 2.42 bits per heavy atom. The smallest absolute Gasteiger partial charge is 0.287 e. The maximum atomic E-state index is 12.8. The van der Waals surface area contributed by atoms with E-state index in [4.69, 9.17) is 9.47 Å². The average Bonchev–Trinajstić information content (AvgIpc) is 3.32. The Labute approximate surface area is 184 Å². The number of rotatable bonds is 8. The van der Waals surface area contributed by atoms with Crippen LogP contribution in [-0.2, 0) is 4.79 Å². The van der Waals surface area contributed by atoms with Gasteiger partial charge in [0.2, 0.25) is 0 Å². The van der Waals surface area contributed by atoms with Gasteiger partial charge in [0.1, 0.15) is 5.70 Å². The number of carbonyl (C=O) groups is 2. The second kappa shape index (κ2) is 10.7. The highest BCUT2D eigenvalue weighted by atomic mass is 32.1. The molecule has 3 rings (SSSR count). The summed E-state index contributed by atoms with van der Waals surface area (Å²) in [6.45, 7) is 0. The summed E-state index contributed by atoms with van der Waals surface area (Å²) in [5, 5.41) is 8.53. The van der Waals surface area contributed by atoms with E-state index in [1.165, 1.54) is 31.8 Å². The Balaban J connectivity index is 1.86. The molecule has 0 fully saturated rings. The summed E-state index contributed by atoms with van der Waals surface area (Å²) in [6.07, 6.45) is 3.08. The van der Waals surface area contributed by atoms with E-state index in [0.717, 1.165) is 4.88 Å². The lowest BCUT2D eigenvalue weighted by molar-refractivity contribution is -0.117.